The SMILES string of the molecule is CC(=O)N[C@@H](CC(C)C)C(=O)N[C@@H](Cc1ccc(OP(=O)(O)O)cc1)C(=O)N[C@@H](CC(=O)O)C(=O)N[C@@H](CC(C)C)C(=O)N[C@@H](CC(C)C)C(=O)N[C@@H](CC(C)C)C(=O)O. The first-order chi connectivity index (χ1) is 27.7. The van der Waals surface area contributed by atoms with Gasteiger partial charge in [0.15, 0.2) is 0 Å². The molecule has 1 rings (SSSR count). The summed E-state index contributed by atoms with van der Waals surface area (Å²) in [6.07, 6.45) is -0.831. The lowest BCUT2D eigenvalue weighted by molar-refractivity contribution is -0.143. The molecular weight excluding hydrogens is 807 g/mol. The molecule has 0 aliphatic rings. The molecule has 0 aliphatic heterocycles. The van der Waals surface area contributed by atoms with Crippen molar-refractivity contribution in [2.24, 2.45) is 23.7 Å². The Labute approximate surface area is 350 Å². The topological polar surface area (TPSA) is 316 Å². The van der Waals surface area contributed by atoms with Gasteiger partial charge in [-0.1, -0.05) is 67.5 Å². The highest BCUT2D eigenvalue weighted by Gasteiger charge is 2.35. The van der Waals surface area contributed by atoms with Gasteiger partial charge in [0.2, 0.25) is 35.4 Å². The van der Waals surface area contributed by atoms with Crippen LogP contribution in [-0.4, -0.2) is 104 Å². The molecule has 0 saturated heterocycles. The number of carbonyl (C=O) groups excluding carboxylic acids is 6. The predicted octanol–water partition coefficient (Wildman–Crippen LogP) is 1.37. The van der Waals surface area contributed by atoms with Gasteiger partial charge >= 0.3 is 19.8 Å². The van der Waals surface area contributed by atoms with Crippen LogP contribution in [0.2, 0.25) is 0 Å². The van der Waals surface area contributed by atoms with Gasteiger partial charge in [0.1, 0.15) is 42.0 Å². The molecule has 0 saturated carbocycles. The monoisotopic (exact) mass is 870 g/mol. The number of phosphoric ester groups is 1. The number of carboxylic acid groups (broad SMARTS) is 2. The van der Waals surface area contributed by atoms with E-state index in [1.165, 1.54) is 31.2 Å². The van der Waals surface area contributed by atoms with Crippen LogP contribution in [0.3, 0.4) is 0 Å². The minimum atomic E-state index is -4.90. The van der Waals surface area contributed by atoms with E-state index in [1.54, 1.807) is 55.4 Å². The highest BCUT2D eigenvalue weighted by molar-refractivity contribution is 7.46. The number of aliphatic carboxylic acids is 2. The van der Waals surface area contributed by atoms with E-state index in [0.717, 1.165) is 0 Å². The van der Waals surface area contributed by atoms with Crippen molar-refractivity contribution in [3.63, 3.8) is 0 Å². The molecule has 0 unspecified atom stereocenters. The third-order valence-electron chi connectivity index (χ3n) is 8.64. The highest BCUT2D eigenvalue weighted by atomic mass is 31.2. The summed E-state index contributed by atoms with van der Waals surface area (Å²) >= 11 is 0. The average molecular weight is 871 g/mol. The van der Waals surface area contributed by atoms with Gasteiger partial charge in [-0.25, -0.2) is 9.36 Å². The van der Waals surface area contributed by atoms with Gasteiger partial charge in [0.05, 0.1) is 6.42 Å². The number of nitrogens with one attached hydrogen (secondary N) is 6. The molecule has 6 amide bonds. The smallest absolute Gasteiger partial charge is 0.481 e. The van der Waals surface area contributed by atoms with Crippen molar-refractivity contribution in [2.75, 3.05) is 0 Å². The molecule has 0 heterocycles. The van der Waals surface area contributed by atoms with Crippen LogP contribution in [0, 0.1) is 23.7 Å². The second-order valence-electron chi connectivity index (χ2n) is 16.4. The zero-order valence-corrected chi connectivity index (χ0v) is 36.5. The first-order valence-electron chi connectivity index (χ1n) is 19.7. The van der Waals surface area contributed by atoms with Crippen LogP contribution < -0.4 is 36.4 Å². The molecule has 21 heteroatoms. The van der Waals surface area contributed by atoms with Crippen LogP contribution in [0.1, 0.15) is 100.0 Å². The summed E-state index contributed by atoms with van der Waals surface area (Å²) < 4.78 is 15.8. The van der Waals surface area contributed by atoms with Gasteiger partial charge in [-0.2, -0.15) is 0 Å². The van der Waals surface area contributed by atoms with Crippen molar-refractivity contribution in [1.82, 2.24) is 31.9 Å². The van der Waals surface area contributed by atoms with Gasteiger partial charge < -0.3 is 46.6 Å². The molecule has 0 aromatic heterocycles. The zero-order valence-electron chi connectivity index (χ0n) is 35.6. The Morgan fingerprint density at radius 1 is 0.533 bits per heavy atom. The Morgan fingerprint density at radius 3 is 1.23 bits per heavy atom. The van der Waals surface area contributed by atoms with Gasteiger partial charge in [-0.3, -0.25) is 43.3 Å². The van der Waals surface area contributed by atoms with E-state index < -0.39 is 97.9 Å². The minimum absolute atomic E-state index is 0.00717. The van der Waals surface area contributed by atoms with Gasteiger partial charge in [0.25, 0.3) is 0 Å². The van der Waals surface area contributed by atoms with E-state index >= 15 is 0 Å². The number of hydrogen-bond acceptors (Lipinski definition) is 10. The molecular formula is C39H63N6O14P. The molecule has 0 radical (unpaired) electrons. The lowest BCUT2D eigenvalue weighted by atomic mass is 9.98. The molecule has 1 aromatic carbocycles. The van der Waals surface area contributed by atoms with Crippen LogP contribution >= 0.6 is 7.82 Å². The lowest BCUT2D eigenvalue weighted by Gasteiger charge is -2.28. The van der Waals surface area contributed by atoms with Crippen LogP contribution in [0.4, 0.5) is 0 Å². The molecule has 10 N–H and O–H groups in total. The maximum Gasteiger partial charge on any atom is 0.524 e. The van der Waals surface area contributed by atoms with Gasteiger partial charge in [-0.15, -0.1) is 0 Å². The van der Waals surface area contributed by atoms with E-state index in [2.05, 4.69) is 36.4 Å². The summed E-state index contributed by atoms with van der Waals surface area (Å²) in [4.78, 5) is 122. The second-order valence-corrected chi connectivity index (χ2v) is 17.6. The standard InChI is InChI=1S/C39H63N6O14P/c1-20(2)14-27(40-24(9)46)34(49)43-30(18-25-10-12-26(13-11-25)59-60(56,57)58)37(52)44-31(19-33(47)48)38(53)42-28(15-21(3)4)35(50)41-29(16-22(5)6)36(51)45-32(39(54)55)17-23(7)8/h10-13,20-23,27-32H,14-19H2,1-9H3,(H,40,46)(H,41,50)(H,42,53)(H,43,49)(H,44,52)(H,45,51)(H,47,48)(H,54,55)(H2,56,57,58)/t27-,28-,29-,30-,31-,32-/m0/s1. The summed E-state index contributed by atoms with van der Waals surface area (Å²) in [7, 11) is -4.90. The van der Waals surface area contributed by atoms with Crippen molar-refractivity contribution in [3.05, 3.63) is 29.8 Å². The molecule has 6 atom stereocenters. The number of benzene rings is 1. The molecule has 338 valence electrons. The predicted molar refractivity (Wildman–Crippen MR) is 218 cm³/mol. The van der Waals surface area contributed by atoms with E-state index in [9.17, 15) is 53.1 Å². The molecule has 0 fully saturated rings. The van der Waals surface area contributed by atoms with E-state index in [4.69, 9.17) is 9.79 Å². The molecule has 20 nitrogen and oxygen atoms in total. The number of rotatable bonds is 26. The first-order valence-corrected chi connectivity index (χ1v) is 21.3. The van der Waals surface area contributed by atoms with Gasteiger partial charge in [-0.05, 0) is 67.1 Å². The van der Waals surface area contributed by atoms with Crippen LogP contribution in [0.25, 0.3) is 0 Å². The third kappa shape index (κ3) is 21.3. The molecule has 0 aliphatic carbocycles. The molecule has 0 bridgehead atoms. The summed E-state index contributed by atoms with van der Waals surface area (Å²) in [5.41, 5.74) is 0.334. The average Bonchev–Trinajstić information content (AvgIpc) is 3.08. The van der Waals surface area contributed by atoms with Crippen molar-refractivity contribution in [3.8, 4) is 5.75 Å². The summed E-state index contributed by atoms with van der Waals surface area (Å²) in [5, 5.41) is 34.4. The maximum absolute atomic E-state index is 13.9. The van der Waals surface area contributed by atoms with Crippen molar-refractivity contribution in [2.45, 2.75) is 137 Å². The fourth-order valence-electron chi connectivity index (χ4n) is 6.06. The zero-order chi connectivity index (χ0) is 46.1. The normalized spacial score (nSPS) is 14.6. The Kier molecular flexibility index (Phi) is 22.0. The fourth-order valence-corrected chi connectivity index (χ4v) is 6.46. The van der Waals surface area contributed by atoms with E-state index in [0.29, 0.717) is 5.56 Å². The Morgan fingerprint density at radius 2 is 0.867 bits per heavy atom. The Hall–Kier alpha value is -5.07. The fraction of sp³-hybridized carbons (Fsp3) is 0.641. The highest BCUT2D eigenvalue weighted by Crippen LogP contribution is 2.37. The number of carbonyl (C=O) groups is 8. The van der Waals surface area contributed by atoms with E-state index in [-0.39, 0.29) is 61.5 Å². The third-order valence-corrected chi connectivity index (χ3v) is 9.08. The Balaban J connectivity index is 3.50. The quantitative estimate of drug-likeness (QED) is 0.0589. The summed E-state index contributed by atoms with van der Waals surface area (Å²) in [5.74, 6) is -8.46. The number of phosphoric acid groups is 1. The van der Waals surface area contributed by atoms with Crippen LogP contribution in [-0.2, 0) is 49.3 Å². The number of amides is 6. The van der Waals surface area contributed by atoms with E-state index in [1.807, 2.05) is 0 Å². The van der Waals surface area contributed by atoms with Gasteiger partial charge in [0, 0.05) is 13.3 Å². The number of hydrogen-bond donors (Lipinski definition) is 10. The lowest BCUT2D eigenvalue weighted by Crippen LogP contribution is -2.60. The van der Waals surface area contributed by atoms with Crippen molar-refractivity contribution >= 4 is 55.2 Å². The summed E-state index contributed by atoms with van der Waals surface area (Å²) in [6.45, 7) is 15.5. The van der Waals surface area contributed by atoms with Crippen LogP contribution in [0.15, 0.2) is 24.3 Å². The first kappa shape index (κ1) is 52.9. The second kappa shape index (κ2) is 24.9. The largest absolute Gasteiger partial charge is 0.524 e. The Bertz CT molecular complexity index is 1700. The number of carboxylic acids is 2. The minimum Gasteiger partial charge on any atom is -0.481 e. The molecule has 1 aromatic rings. The van der Waals surface area contributed by atoms with Crippen molar-refractivity contribution < 1.29 is 67.4 Å². The maximum atomic E-state index is 13.9. The van der Waals surface area contributed by atoms with Crippen LogP contribution in [0.5, 0.6) is 5.75 Å². The molecule has 60 heavy (non-hydrogen) atoms. The summed E-state index contributed by atoms with van der Waals surface area (Å²) in [6, 6.07) is -3.06. The molecule has 0 spiro atoms. The van der Waals surface area contributed by atoms with Crippen molar-refractivity contribution in [1.29, 1.82) is 0 Å².